The van der Waals surface area contributed by atoms with Gasteiger partial charge in [-0.05, 0) is 24.6 Å². The maximum atomic E-state index is 12.3. The zero-order valence-corrected chi connectivity index (χ0v) is 11.9. The number of hydrogen-bond donors (Lipinski definition) is 1. The van der Waals surface area contributed by atoms with Crippen LogP contribution in [-0.2, 0) is 6.54 Å². The number of carbonyl (C=O) groups is 1. The van der Waals surface area contributed by atoms with Crippen molar-refractivity contribution in [3.05, 3.63) is 52.0 Å². The summed E-state index contributed by atoms with van der Waals surface area (Å²) in [6.45, 7) is 2.40. The molecule has 0 unspecified atom stereocenters. The Morgan fingerprint density at radius 2 is 2.28 bits per heavy atom. The van der Waals surface area contributed by atoms with E-state index in [1.807, 2.05) is 25.1 Å². The van der Waals surface area contributed by atoms with Crippen LogP contribution in [0.4, 0.5) is 0 Å². The van der Waals surface area contributed by atoms with Crippen LogP contribution in [0.3, 0.4) is 0 Å². The Morgan fingerprint density at radius 1 is 1.50 bits per heavy atom. The minimum Gasteiger partial charge on any atom is -0.347 e. The lowest BCUT2D eigenvalue weighted by atomic mass is 10.1. The predicted octanol–water partition coefficient (Wildman–Crippen LogP) is 2.75. The van der Waals surface area contributed by atoms with Gasteiger partial charge < -0.3 is 9.88 Å². The van der Waals surface area contributed by atoms with Crippen LogP contribution < -0.4 is 0 Å². The lowest BCUT2D eigenvalue weighted by molar-refractivity contribution is 0.0781. The second-order valence-corrected chi connectivity index (χ2v) is 4.96. The fourth-order valence-electron chi connectivity index (χ4n) is 1.73. The largest absolute Gasteiger partial charge is 0.347 e. The molecule has 0 saturated carbocycles. The van der Waals surface area contributed by atoms with Crippen LogP contribution in [0.15, 0.2) is 35.1 Å². The van der Waals surface area contributed by atoms with Gasteiger partial charge in [0.1, 0.15) is 5.82 Å². The van der Waals surface area contributed by atoms with E-state index in [2.05, 4.69) is 25.9 Å². The molecule has 94 valence electrons. The third-order valence-electron chi connectivity index (χ3n) is 2.79. The molecule has 2 rings (SSSR count). The number of rotatable bonds is 3. The maximum absolute atomic E-state index is 12.3. The van der Waals surface area contributed by atoms with Crippen molar-refractivity contribution < 1.29 is 4.79 Å². The Labute approximate surface area is 114 Å². The number of amides is 1. The Hall–Kier alpha value is -1.62. The molecule has 0 bridgehead atoms. The smallest absolute Gasteiger partial charge is 0.254 e. The molecule has 0 spiro atoms. The summed E-state index contributed by atoms with van der Waals surface area (Å²) in [6.07, 6.45) is 3.43. The van der Waals surface area contributed by atoms with Crippen molar-refractivity contribution in [3.8, 4) is 0 Å². The standard InChI is InChI=1S/C13H14BrN3O/c1-9-10(4-3-5-11(9)14)13(18)17(2)8-12-15-6-7-16-12/h3-7H,8H2,1-2H3,(H,15,16). The topological polar surface area (TPSA) is 49.0 Å². The summed E-state index contributed by atoms with van der Waals surface area (Å²) in [7, 11) is 1.77. The average Bonchev–Trinajstić information content (AvgIpc) is 2.84. The van der Waals surface area contributed by atoms with Crippen molar-refractivity contribution >= 4 is 21.8 Å². The molecule has 2 aromatic rings. The van der Waals surface area contributed by atoms with Crippen LogP contribution in [0.1, 0.15) is 21.7 Å². The molecular weight excluding hydrogens is 294 g/mol. The number of H-pyrrole nitrogens is 1. The highest BCUT2D eigenvalue weighted by atomic mass is 79.9. The first-order valence-electron chi connectivity index (χ1n) is 5.58. The van der Waals surface area contributed by atoms with Crippen LogP contribution in [0.25, 0.3) is 0 Å². The van der Waals surface area contributed by atoms with Gasteiger partial charge in [-0.2, -0.15) is 0 Å². The third-order valence-corrected chi connectivity index (χ3v) is 3.65. The molecule has 1 aromatic heterocycles. The second-order valence-electron chi connectivity index (χ2n) is 4.11. The zero-order chi connectivity index (χ0) is 13.1. The van der Waals surface area contributed by atoms with E-state index < -0.39 is 0 Å². The normalized spacial score (nSPS) is 10.4. The predicted molar refractivity (Wildman–Crippen MR) is 73.3 cm³/mol. The zero-order valence-electron chi connectivity index (χ0n) is 10.3. The Kier molecular flexibility index (Phi) is 3.81. The molecular formula is C13H14BrN3O. The highest BCUT2D eigenvalue weighted by Crippen LogP contribution is 2.20. The van der Waals surface area contributed by atoms with Crippen molar-refractivity contribution in [2.24, 2.45) is 0 Å². The molecule has 0 saturated heterocycles. The summed E-state index contributed by atoms with van der Waals surface area (Å²) in [4.78, 5) is 21.1. The molecule has 18 heavy (non-hydrogen) atoms. The molecule has 1 N–H and O–H groups in total. The minimum absolute atomic E-state index is 0.00907. The third kappa shape index (κ3) is 2.61. The summed E-state index contributed by atoms with van der Waals surface area (Å²) in [5.41, 5.74) is 1.66. The van der Waals surface area contributed by atoms with E-state index in [4.69, 9.17) is 0 Å². The lowest BCUT2D eigenvalue weighted by Gasteiger charge is -2.17. The summed E-state index contributed by atoms with van der Waals surface area (Å²) >= 11 is 3.43. The van der Waals surface area contributed by atoms with E-state index in [9.17, 15) is 4.79 Å². The Balaban J connectivity index is 2.18. The number of aromatic amines is 1. The van der Waals surface area contributed by atoms with Gasteiger partial charge >= 0.3 is 0 Å². The Morgan fingerprint density at radius 3 is 2.94 bits per heavy atom. The van der Waals surface area contributed by atoms with Gasteiger partial charge in [0.15, 0.2) is 0 Å². The van der Waals surface area contributed by atoms with E-state index in [0.29, 0.717) is 12.1 Å². The van der Waals surface area contributed by atoms with Gasteiger partial charge in [-0.15, -0.1) is 0 Å². The number of halogens is 1. The van der Waals surface area contributed by atoms with Crippen LogP contribution in [0.5, 0.6) is 0 Å². The fraction of sp³-hybridized carbons (Fsp3) is 0.231. The van der Waals surface area contributed by atoms with Crippen molar-refractivity contribution in [3.63, 3.8) is 0 Å². The lowest BCUT2D eigenvalue weighted by Crippen LogP contribution is -2.27. The van der Waals surface area contributed by atoms with Crippen LogP contribution in [0, 0.1) is 6.92 Å². The van der Waals surface area contributed by atoms with Crippen LogP contribution >= 0.6 is 15.9 Å². The van der Waals surface area contributed by atoms with E-state index in [1.54, 1.807) is 24.3 Å². The monoisotopic (exact) mass is 307 g/mol. The summed E-state index contributed by atoms with van der Waals surface area (Å²) < 4.78 is 0.944. The van der Waals surface area contributed by atoms with Gasteiger partial charge in [0.2, 0.25) is 0 Å². The first-order chi connectivity index (χ1) is 8.59. The molecule has 0 atom stereocenters. The number of imidazole rings is 1. The molecule has 1 heterocycles. The SMILES string of the molecule is Cc1c(Br)cccc1C(=O)N(C)Cc1ncc[nH]1. The highest BCUT2D eigenvalue weighted by Gasteiger charge is 2.15. The molecule has 0 aliphatic rings. The molecule has 0 fully saturated rings. The highest BCUT2D eigenvalue weighted by molar-refractivity contribution is 9.10. The van der Waals surface area contributed by atoms with Gasteiger partial charge in [0.25, 0.3) is 5.91 Å². The molecule has 0 radical (unpaired) electrons. The van der Waals surface area contributed by atoms with Gasteiger partial charge in [0.05, 0.1) is 6.54 Å². The van der Waals surface area contributed by atoms with Crippen molar-refractivity contribution in [2.75, 3.05) is 7.05 Å². The summed E-state index contributed by atoms with van der Waals surface area (Å²) in [6, 6.07) is 5.63. The summed E-state index contributed by atoms with van der Waals surface area (Å²) in [5.74, 6) is 0.767. The fourth-order valence-corrected chi connectivity index (χ4v) is 2.09. The number of aromatic nitrogens is 2. The van der Waals surface area contributed by atoms with Crippen LogP contribution in [0.2, 0.25) is 0 Å². The molecule has 0 aliphatic heterocycles. The molecule has 1 aromatic carbocycles. The van der Waals surface area contributed by atoms with E-state index in [1.165, 1.54) is 0 Å². The number of nitrogens with zero attached hydrogens (tertiary/aromatic N) is 2. The first-order valence-corrected chi connectivity index (χ1v) is 6.37. The van der Waals surface area contributed by atoms with Gasteiger partial charge in [-0.3, -0.25) is 4.79 Å². The molecule has 1 amide bonds. The second kappa shape index (κ2) is 5.35. The number of hydrogen-bond acceptors (Lipinski definition) is 2. The molecule has 0 aliphatic carbocycles. The molecule has 5 heteroatoms. The number of benzene rings is 1. The quantitative estimate of drug-likeness (QED) is 0.948. The molecule has 4 nitrogen and oxygen atoms in total. The number of carbonyl (C=O) groups excluding carboxylic acids is 1. The first kappa shape index (κ1) is 12.8. The van der Waals surface area contributed by atoms with Crippen LogP contribution in [-0.4, -0.2) is 27.8 Å². The maximum Gasteiger partial charge on any atom is 0.254 e. The van der Waals surface area contributed by atoms with E-state index in [-0.39, 0.29) is 5.91 Å². The minimum atomic E-state index is -0.00907. The van der Waals surface area contributed by atoms with Gasteiger partial charge in [0, 0.05) is 29.5 Å². The van der Waals surface area contributed by atoms with Crippen molar-refractivity contribution in [1.29, 1.82) is 0 Å². The van der Waals surface area contributed by atoms with Crippen molar-refractivity contribution in [1.82, 2.24) is 14.9 Å². The van der Waals surface area contributed by atoms with Gasteiger partial charge in [-0.1, -0.05) is 22.0 Å². The van der Waals surface area contributed by atoms with Crippen molar-refractivity contribution in [2.45, 2.75) is 13.5 Å². The Bertz CT molecular complexity index is 551. The average molecular weight is 308 g/mol. The van der Waals surface area contributed by atoms with Gasteiger partial charge in [-0.25, -0.2) is 4.98 Å². The number of nitrogens with one attached hydrogen (secondary N) is 1. The van der Waals surface area contributed by atoms with E-state index >= 15 is 0 Å². The summed E-state index contributed by atoms with van der Waals surface area (Å²) in [5, 5.41) is 0. The van der Waals surface area contributed by atoms with E-state index in [0.717, 1.165) is 15.9 Å².